The normalized spacial score (nSPS) is 17.7. The zero-order chi connectivity index (χ0) is 16.9. The molecule has 0 aliphatic heterocycles. The first-order valence-corrected chi connectivity index (χ1v) is 11.2. The van der Waals surface area contributed by atoms with Gasteiger partial charge in [0.15, 0.2) is 0 Å². The molecule has 0 saturated carbocycles. The minimum absolute atomic E-state index is 0.0955. The van der Waals surface area contributed by atoms with Gasteiger partial charge >= 0.3 is 7.60 Å². The smallest absolute Gasteiger partial charge is 0.323 e. The molecule has 0 amide bonds. The molecule has 0 aliphatic rings. The molecule has 0 spiro atoms. The largest absolute Gasteiger partial charge is 0.372 e. The zero-order valence-corrected chi connectivity index (χ0v) is 16.8. The van der Waals surface area contributed by atoms with Crippen LogP contribution in [0.5, 0.6) is 0 Å². The Labute approximate surface area is 144 Å². The number of hydrogen-bond acceptors (Lipinski definition) is 5. The molecular formula is C13H20BrClO5P2. The van der Waals surface area contributed by atoms with E-state index in [9.17, 15) is 9.13 Å². The molecule has 1 rings (SSSR count). The maximum absolute atomic E-state index is 13.5. The Hall–Kier alpha value is 0.330. The van der Waals surface area contributed by atoms with Crippen LogP contribution in [0.3, 0.4) is 0 Å². The molecule has 0 aliphatic carbocycles. The Balaban J connectivity index is 3.46. The average Bonchev–Trinajstić information content (AvgIpc) is 2.48. The second kappa shape index (κ2) is 8.43. The molecule has 0 unspecified atom stereocenters. The molecule has 1 aromatic rings. The van der Waals surface area contributed by atoms with Gasteiger partial charge in [-0.25, -0.2) is 0 Å². The summed E-state index contributed by atoms with van der Waals surface area (Å²) in [5.74, 6) is 0. The number of alkyl halides is 2. The lowest BCUT2D eigenvalue weighted by Gasteiger charge is -2.34. The van der Waals surface area contributed by atoms with Crippen LogP contribution in [0.25, 0.3) is 0 Å². The van der Waals surface area contributed by atoms with Crippen molar-refractivity contribution in [2.24, 2.45) is 0 Å². The second-order valence-corrected chi connectivity index (χ2v) is 13.2. The minimum atomic E-state index is -3.94. The van der Waals surface area contributed by atoms with E-state index in [2.05, 4.69) is 15.9 Å². The van der Waals surface area contributed by atoms with Gasteiger partial charge in [0, 0.05) is 5.30 Å². The summed E-state index contributed by atoms with van der Waals surface area (Å²) in [6.07, 6.45) is 0. The highest BCUT2D eigenvalue weighted by molar-refractivity contribution is 9.13. The van der Waals surface area contributed by atoms with E-state index in [1.807, 2.05) is 0 Å². The number of hydrogen-bond donors (Lipinski definition) is 0. The lowest BCUT2D eigenvalue weighted by molar-refractivity contribution is 0.218. The van der Waals surface area contributed by atoms with Crippen LogP contribution in [0.4, 0.5) is 0 Å². The molecular weight excluding hydrogens is 413 g/mol. The van der Waals surface area contributed by atoms with E-state index >= 15 is 0 Å². The third-order valence-corrected chi connectivity index (χ3v) is 12.4. The van der Waals surface area contributed by atoms with Crippen LogP contribution < -0.4 is 5.30 Å². The van der Waals surface area contributed by atoms with Gasteiger partial charge in [0.2, 0.25) is 0 Å². The SMILES string of the molecule is CCOP(=O)(OCC)[C@](Cl)(Br)[P@@](=O)(OCC)c1ccccc1. The van der Waals surface area contributed by atoms with Gasteiger partial charge in [-0.3, -0.25) is 9.13 Å². The van der Waals surface area contributed by atoms with E-state index in [0.717, 1.165) is 0 Å². The van der Waals surface area contributed by atoms with Gasteiger partial charge in [-0.15, -0.1) is 0 Å². The highest BCUT2D eigenvalue weighted by Crippen LogP contribution is 2.81. The first-order valence-electron chi connectivity index (χ1n) is 6.86. The highest BCUT2D eigenvalue weighted by Gasteiger charge is 2.62. The predicted octanol–water partition coefficient (Wildman–Crippen LogP) is 5.14. The third kappa shape index (κ3) is 3.87. The van der Waals surface area contributed by atoms with Crippen molar-refractivity contribution in [1.29, 1.82) is 0 Å². The van der Waals surface area contributed by atoms with Gasteiger partial charge in [-0.05, 0) is 48.8 Å². The fourth-order valence-electron chi connectivity index (χ4n) is 1.81. The molecule has 0 fully saturated rings. The Morgan fingerprint density at radius 3 is 1.86 bits per heavy atom. The van der Waals surface area contributed by atoms with E-state index in [1.54, 1.807) is 51.1 Å². The molecule has 2 atom stereocenters. The standard InChI is InChI=1S/C13H20BrClO5P2/c1-4-18-21(16,12-10-8-7-9-11-12)13(14,15)22(17,19-5-2)20-6-3/h7-11H,4-6H2,1-3H3/t13-,21-/m0/s1. The molecule has 22 heavy (non-hydrogen) atoms. The summed E-state index contributed by atoms with van der Waals surface area (Å²) in [5, 5.41) is 0.336. The molecule has 0 radical (unpaired) electrons. The second-order valence-electron chi connectivity index (χ2n) is 4.15. The van der Waals surface area contributed by atoms with Gasteiger partial charge in [0.25, 0.3) is 10.6 Å². The molecule has 0 aromatic heterocycles. The Morgan fingerprint density at radius 2 is 1.45 bits per heavy atom. The van der Waals surface area contributed by atoms with Crippen molar-refractivity contribution in [3.8, 4) is 0 Å². The van der Waals surface area contributed by atoms with Crippen LogP contribution >= 0.6 is 42.5 Å². The molecule has 0 heterocycles. The first-order chi connectivity index (χ1) is 10.3. The first kappa shape index (κ1) is 20.4. The molecule has 0 bridgehead atoms. The van der Waals surface area contributed by atoms with Crippen LogP contribution in [-0.2, 0) is 22.7 Å². The highest BCUT2D eigenvalue weighted by atomic mass is 79.9. The molecule has 0 saturated heterocycles. The predicted molar refractivity (Wildman–Crippen MR) is 93.7 cm³/mol. The van der Waals surface area contributed by atoms with Crippen molar-refractivity contribution >= 4 is 47.8 Å². The molecule has 5 nitrogen and oxygen atoms in total. The fourth-order valence-corrected chi connectivity index (χ4v) is 8.84. The number of halogens is 2. The van der Waals surface area contributed by atoms with E-state index in [-0.39, 0.29) is 19.8 Å². The van der Waals surface area contributed by atoms with Crippen LogP contribution in [0.2, 0.25) is 0 Å². The van der Waals surface area contributed by atoms with Crippen LogP contribution in [0.15, 0.2) is 30.3 Å². The Kier molecular flexibility index (Phi) is 7.81. The van der Waals surface area contributed by atoms with E-state index in [4.69, 9.17) is 25.2 Å². The van der Waals surface area contributed by atoms with Crippen molar-refractivity contribution in [2.45, 2.75) is 24.0 Å². The van der Waals surface area contributed by atoms with Gasteiger partial charge in [-0.2, -0.15) is 0 Å². The van der Waals surface area contributed by atoms with Gasteiger partial charge < -0.3 is 13.6 Å². The topological polar surface area (TPSA) is 61.8 Å². The van der Waals surface area contributed by atoms with Gasteiger partial charge in [-0.1, -0.05) is 29.8 Å². The molecule has 1 aromatic carbocycles. The monoisotopic (exact) mass is 432 g/mol. The van der Waals surface area contributed by atoms with Crippen molar-refractivity contribution in [1.82, 2.24) is 0 Å². The molecule has 9 heteroatoms. The molecule has 0 N–H and O–H groups in total. The summed E-state index contributed by atoms with van der Waals surface area (Å²) in [7, 11) is -7.73. The van der Waals surface area contributed by atoms with Gasteiger partial charge in [0.05, 0.1) is 19.8 Å². The van der Waals surface area contributed by atoms with Crippen LogP contribution in [0, 0.1) is 0 Å². The average molecular weight is 434 g/mol. The van der Waals surface area contributed by atoms with Gasteiger partial charge in [0.1, 0.15) is 0 Å². The summed E-state index contributed by atoms with van der Waals surface area (Å²) in [4.78, 5) is 0. The third-order valence-electron chi connectivity index (χ3n) is 2.69. The summed E-state index contributed by atoms with van der Waals surface area (Å²) < 4.78 is 40.5. The van der Waals surface area contributed by atoms with E-state index in [1.165, 1.54) is 0 Å². The lowest BCUT2D eigenvalue weighted by Crippen LogP contribution is -2.25. The summed E-state index contributed by atoms with van der Waals surface area (Å²) in [5.41, 5.74) is 0. The quantitative estimate of drug-likeness (QED) is 0.399. The fraction of sp³-hybridized carbons (Fsp3) is 0.538. The van der Waals surface area contributed by atoms with E-state index in [0.29, 0.717) is 5.30 Å². The van der Waals surface area contributed by atoms with E-state index < -0.39 is 18.2 Å². The summed E-state index contributed by atoms with van der Waals surface area (Å²) >= 11 is 9.57. The maximum Gasteiger partial charge on any atom is 0.372 e. The van der Waals surface area contributed by atoms with Crippen molar-refractivity contribution < 1.29 is 22.7 Å². The summed E-state index contributed by atoms with van der Waals surface area (Å²) in [6, 6.07) is 8.39. The summed E-state index contributed by atoms with van der Waals surface area (Å²) in [6.45, 7) is 5.31. The Bertz CT molecular complexity index is 557. The maximum atomic E-state index is 13.5. The number of rotatable bonds is 9. The minimum Gasteiger partial charge on any atom is -0.323 e. The Morgan fingerprint density at radius 1 is 1.00 bits per heavy atom. The zero-order valence-electron chi connectivity index (χ0n) is 12.7. The molecule has 126 valence electrons. The number of benzene rings is 1. The van der Waals surface area contributed by atoms with Crippen LogP contribution in [-0.4, -0.2) is 23.1 Å². The van der Waals surface area contributed by atoms with Crippen molar-refractivity contribution in [3.63, 3.8) is 0 Å². The van der Waals surface area contributed by atoms with Crippen LogP contribution in [0.1, 0.15) is 20.8 Å². The van der Waals surface area contributed by atoms with Crippen molar-refractivity contribution in [3.05, 3.63) is 30.3 Å². The van der Waals surface area contributed by atoms with Crippen molar-refractivity contribution in [2.75, 3.05) is 19.8 Å². The lowest BCUT2D eigenvalue weighted by atomic mass is 10.4.